The average Bonchev–Trinajstić information content (AvgIpc) is 2.52. The van der Waals surface area contributed by atoms with Crippen molar-refractivity contribution in [3.8, 4) is 11.8 Å². The average molecular weight is 328 g/mol. The van der Waals surface area contributed by atoms with Crippen LogP contribution in [0.25, 0.3) is 0 Å². The van der Waals surface area contributed by atoms with E-state index in [2.05, 4.69) is 29.6 Å². The van der Waals surface area contributed by atoms with Crippen LogP contribution in [0.4, 0.5) is 13.2 Å². The van der Waals surface area contributed by atoms with E-state index in [1.54, 1.807) is 0 Å². The minimum absolute atomic E-state index is 0.212. The van der Waals surface area contributed by atoms with E-state index in [1.807, 2.05) is 6.08 Å². The van der Waals surface area contributed by atoms with Crippen LogP contribution in [0.5, 0.6) is 0 Å². The van der Waals surface area contributed by atoms with Crippen molar-refractivity contribution in [2.45, 2.75) is 77.2 Å². The second-order valence-corrected chi connectivity index (χ2v) is 6.87. The van der Waals surface area contributed by atoms with E-state index in [0.717, 1.165) is 5.92 Å². The van der Waals surface area contributed by atoms with Gasteiger partial charge in [-0.3, -0.25) is 4.74 Å². The Morgan fingerprint density at radius 1 is 1.00 bits per heavy atom. The minimum atomic E-state index is -4.51. The van der Waals surface area contributed by atoms with Gasteiger partial charge in [0.15, 0.2) is 0 Å². The van der Waals surface area contributed by atoms with Crippen molar-refractivity contribution in [3.05, 3.63) is 12.2 Å². The summed E-state index contributed by atoms with van der Waals surface area (Å²) in [6, 6.07) is 0. The summed E-state index contributed by atoms with van der Waals surface area (Å²) in [7, 11) is 0. The van der Waals surface area contributed by atoms with Gasteiger partial charge in [0, 0.05) is 5.92 Å². The van der Waals surface area contributed by atoms with Crippen LogP contribution < -0.4 is 0 Å². The van der Waals surface area contributed by atoms with Crippen LogP contribution in [0.3, 0.4) is 0 Å². The third kappa shape index (κ3) is 6.99. The lowest BCUT2D eigenvalue weighted by molar-refractivity contribution is -0.345. The largest absolute Gasteiger partial charge is 0.522 e. The molecular weight excluding hydrogens is 301 g/mol. The maximum atomic E-state index is 12.2. The van der Waals surface area contributed by atoms with Gasteiger partial charge < -0.3 is 0 Å². The van der Waals surface area contributed by atoms with Crippen molar-refractivity contribution < 1.29 is 17.9 Å². The van der Waals surface area contributed by atoms with Crippen molar-refractivity contribution in [1.29, 1.82) is 0 Å². The normalized spacial score (nSPS) is 32.5. The lowest BCUT2D eigenvalue weighted by Crippen LogP contribution is -2.27. The van der Waals surface area contributed by atoms with Crippen LogP contribution in [0, 0.1) is 29.6 Å². The number of ether oxygens (including phenoxy) is 1. The van der Waals surface area contributed by atoms with Gasteiger partial charge >= 0.3 is 6.36 Å². The third-order valence-electron chi connectivity index (χ3n) is 5.18. The van der Waals surface area contributed by atoms with Gasteiger partial charge in [-0.05, 0) is 69.3 Å². The van der Waals surface area contributed by atoms with E-state index in [4.69, 9.17) is 0 Å². The molecular formula is C19H27F3O. The monoisotopic (exact) mass is 328 g/mol. The molecule has 0 heterocycles. The summed E-state index contributed by atoms with van der Waals surface area (Å²) < 4.78 is 40.5. The highest BCUT2D eigenvalue weighted by molar-refractivity contribution is 5.18. The molecule has 0 atom stereocenters. The molecule has 1 nitrogen and oxygen atoms in total. The van der Waals surface area contributed by atoms with Gasteiger partial charge in [0.05, 0.1) is 6.10 Å². The standard InChI is InChI=1S/C19H27F3O/c1-2-15-7-9-16(10-8-15)5-3-4-6-17-11-13-18(14-12-17)23-19(20,21)22/h3,5,15-18H,2,7-14H2,1H3/b5-3+. The molecule has 0 aromatic heterocycles. The summed E-state index contributed by atoms with van der Waals surface area (Å²) in [4.78, 5) is 0. The lowest BCUT2D eigenvalue weighted by atomic mass is 9.81. The maximum absolute atomic E-state index is 12.2. The molecule has 2 aliphatic rings. The number of alkyl halides is 3. The summed E-state index contributed by atoms with van der Waals surface area (Å²) in [5.41, 5.74) is 0. The first kappa shape index (κ1) is 18.4. The first-order valence-electron chi connectivity index (χ1n) is 8.88. The number of rotatable bonds is 3. The molecule has 0 amide bonds. The minimum Gasteiger partial charge on any atom is -0.289 e. The van der Waals surface area contributed by atoms with E-state index in [1.165, 1.54) is 32.1 Å². The van der Waals surface area contributed by atoms with Crippen LogP contribution in [0.2, 0.25) is 0 Å². The van der Waals surface area contributed by atoms with Gasteiger partial charge in [-0.15, -0.1) is 13.2 Å². The van der Waals surface area contributed by atoms with Crippen LogP contribution in [0.15, 0.2) is 12.2 Å². The molecule has 2 rings (SSSR count). The molecule has 2 fully saturated rings. The Bertz CT molecular complexity index is 428. The summed E-state index contributed by atoms with van der Waals surface area (Å²) in [5.74, 6) is 8.06. The van der Waals surface area contributed by atoms with Gasteiger partial charge in [-0.2, -0.15) is 0 Å². The molecule has 0 bridgehead atoms. The molecule has 0 aromatic carbocycles. The van der Waals surface area contributed by atoms with Gasteiger partial charge in [-0.25, -0.2) is 0 Å². The van der Waals surface area contributed by atoms with E-state index < -0.39 is 12.5 Å². The van der Waals surface area contributed by atoms with Crippen LogP contribution in [0.1, 0.15) is 64.7 Å². The Labute approximate surface area is 137 Å². The molecule has 2 saturated carbocycles. The fraction of sp³-hybridized carbons (Fsp3) is 0.789. The summed E-state index contributed by atoms with van der Waals surface area (Å²) in [6.45, 7) is 2.26. The van der Waals surface area contributed by atoms with Crippen molar-refractivity contribution in [2.24, 2.45) is 17.8 Å². The Balaban J connectivity index is 1.67. The Hall–Kier alpha value is -0.950. The van der Waals surface area contributed by atoms with Crippen molar-refractivity contribution in [1.82, 2.24) is 0 Å². The van der Waals surface area contributed by atoms with E-state index in [-0.39, 0.29) is 5.92 Å². The predicted octanol–water partition coefficient (Wildman–Crippen LogP) is 5.86. The molecule has 0 unspecified atom stereocenters. The molecule has 0 aliphatic heterocycles. The van der Waals surface area contributed by atoms with Crippen molar-refractivity contribution >= 4 is 0 Å². The topological polar surface area (TPSA) is 9.23 Å². The van der Waals surface area contributed by atoms with Gasteiger partial charge in [-0.1, -0.05) is 31.3 Å². The number of hydrogen-bond acceptors (Lipinski definition) is 1. The Morgan fingerprint density at radius 2 is 1.65 bits per heavy atom. The smallest absolute Gasteiger partial charge is 0.289 e. The summed E-state index contributed by atoms with van der Waals surface area (Å²) in [6.07, 6.45) is 7.72. The maximum Gasteiger partial charge on any atom is 0.522 e. The second kappa shape index (κ2) is 8.78. The first-order valence-corrected chi connectivity index (χ1v) is 8.88. The molecule has 0 N–H and O–H groups in total. The third-order valence-corrected chi connectivity index (χ3v) is 5.18. The Morgan fingerprint density at radius 3 is 2.22 bits per heavy atom. The molecule has 2 aliphatic carbocycles. The van der Waals surface area contributed by atoms with Crippen LogP contribution in [-0.2, 0) is 4.74 Å². The molecule has 23 heavy (non-hydrogen) atoms. The van der Waals surface area contributed by atoms with E-state index >= 15 is 0 Å². The number of hydrogen-bond donors (Lipinski definition) is 0. The first-order chi connectivity index (χ1) is 11.0. The second-order valence-electron chi connectivity index (χ2n) is 6.87. The summed E-state index contributed by atoms with van der Waals surface area (Å²) >= 11 is 0. The van der Waals surface area contributed by atoms with E-state index in [9.17, 15) is 13.2 Å². The van der Waals surface area contributed by atoms with Crippen LogP contribution in [-0.4, -0.2) is 12.5 Å². The molecule has 0 saturated heterocycles. The summed E-state index contributed by atoms with van der Waals surface area (Å²) in [5, 5.41) is 0. The molecule has 4 heteroatoms. The zero-order valence-corrected chi connectivity index (χ0v) is 13.9. The zero-order chi connectivity index (χ0) is 16.7. The molecule has 0 aromatic rings. The van der Waals surface area contributed by atoms with Gasteiger partial charge in [0.1, 0.15) is 0 Å². The van der Waals surface area contributed by atoms with Crippen LogP contribution >= 0.6 is 0 Å². The number of allylic oxidation sites excluding steroid dienone is 2. The molecule has 0 radical (unpaired) electrons. The quantitative estimate of drug-likeness (QED) is 0.590. The highest BCUT2D eigenvalue weighted by Gasteiger charge is 2.35. The van der Waals surface area contributed by atoms with Gasteiger partial charge in [0.25, 0.3) is 0 Å². The molecule has 0 spiro atoms. The van der Waals surface area contributed by atoms with Crippen molar-refractivity contribution in [2.75, 3.05) is 0 Å². The predicted molar refractivity (Wildman–Crippen MR) is 85.5 cm³/mol. The fourth-order valence-electron chi connectivity index (χ4n) is 3.65. The van der Waals surface area contributed by atoms with Gasteiger partial charge in [0.2, 0.25) is 0 Å². The lowest BCUT2D eigenvalue weighted by Gasteiger charge is -2.26. The highest BCUT2D eigenvalue weighted by atomic mass is 19.4. The number of halogens is 3. The SMILES string of the molecule is CCC1CCC(/C=C/C#CC2CCC(OC(F)(F)F)CC2)CC1. The van der Waals surface area contributed by atoms with Crippen molar-refractivity contribution in [3.63, 3.8) is 0 Å². The highest BCUT2D eigenvalue weighted by Crippen LogP contribution is 2.32. The fourth-order valence-corrected chi connectivity index (χ4v) is 3.65. The zero-order valence-electron chi connectivity index (χ0n) is 13.9. The molecule has 130 valence electrons. The van der Waals surface area contributed by atoms with E-state index in [0.29, 0.717) is 31.6 Å². The Kier molecular flexibility index (Phi) is 7.02.